The molecule has 1 aromatic rings. The largest absolute Gasteiger partial charge is 0.481 e. The van der Waals surface area contributed by atoms with Crippen molar-refractivity contribution in [2.45, 2.75) is 53.4 Å². The number of anilines is 1. The van der Waals surface area contributed by atoms with E-state index in [9.17, 15) is 14.7 Å². The Kier molecular flexibility index (Phi) is 4.81. The summed E-state index contributed by atoms with van der Waals surface area (Å²) in [6.07, 6.45) is -0.0856. The van der Waals surface area contributed by atoms with Crippen LogP contribution in [0.4, 0.5) is 5.82 Å². The zero-order chi connectivity index (χ0) is 16.4. The van der Waals surface area contributed by atoms with Gasteiger partial charge in [-0.15, -0.1) is 0 Å². The second kappa shape index (κ2) is 5.87. The predicted molar refractivity (Wildman–Crippen MR) is 81.1 cm³/mol. The van der Waals surface area contributed by atoms with E-state index >= 15 is 0 Å². The van der Waals surface area contributed by atoms with Crippen LogP contribution in [0.2, 0.25) is 0 Å². The molecule has 1 atom stereocenters. The summed E-state index contributed by atoms with van der Waals surface area (Å²) in [5.74, 6) is -1.04. The summed E-state index contributed by atoms with van der Waals surface area (Å²) in [5.41, 5.74) is -0.279. The molecule has 1 amide bonds. The summed E-state index contributed by atoms with van der Waals surface area (Å²) < 4.78 is 0. The first kappa shape index (κ1) is 17.2. The maximum Gasteiger partial charge on any atom is 0.310 e. The number of carboxylic acid groups (broad SMARTS) is 1. The molecule has 0 aliphatic rings. The highest BCUT2D eigenvalue weighted by Crippen LogP contribution is 2.32. The van der Waals surface area contributed by atoms with Crippen molar-refractivity contribution in [2.75, 3.05) is 5.32 Å². The molecule has 21 heavy (non-hydrogen) atoms. The van der Waals surface area contributed by atoms with Gasteiger partial charge in [-0.3, -0.25) is 14.7 Å². The first-order valence-corrected chi connectivity index (χ1v) is 7.06. The van der Waals surface area contributed by atoms with E-state index in [-0.39, 0.29) is 23.7 Å². The second-order valence-corrected chi connectivity index (χ2v) is 7.02. The Morgan fingerprint density at radius 1 is 1.33 bits per heavy atom. The van der Waals surface area contributed by atoms with Gasteiger partial charge in [-0.1, -0.05) is 34.6 Å². The molecule has 0 saturated heterocycles. The lowest BCUT2D eigenvalue weighted by Gasteiger charge is -2.28. The molecular formula is C15H25N3O3. The number of carboxylic acids is 1. The molecule has 1 heterocycles. The molecule has 0 aliphatic heterocycles. The van der Waals surface area contributed by atoms with Crippen LogP contribution in [-0.4, -0.2) is 27.2 Å². The van der Waals surface area contributed by atoms with Gasteiger partial charge >= 0.3 is 5.97 Å². The van der Waals surface area contributed by atoms with Crippen LogP contribution in [0.5, 0.6) is 0 Å². The van der Waals surface area contributed by atoms with Gasteiger partial charge in [-0.2, -0.15) is 5.10 Å². The van der Waals surface area contributed by atoms with Crippen LogP contribution in [0.25, 0.3) is 0 Å². The maximum atomic E-state index is 12.1. The lowest BCUT2D eigenvalue weighted by molar-refractivity contribution is -0.153. The van der Waals surface area contributed by atoms with Crippen LogP contribution in [0.1, 0.15) is 53.7 Å². The zero-order valence-electron chi connectivity index (χ0n) is 13.6. The fourth-order valence-corrected chi connectivity index (χ4v) is 1.82. The van der Waals surface area contributed by atoms with E-state index < -0.39 is 11.4 Å². The molecule has 0 fully saturated rings. The Labute approximate surface area is 125 Å². The Bertz CT molecular complexity index is 529. The van der Waals surface area contributed by atoms with Gasteiger partial charge in [0, 0.05) is 23.6 Å². The van der Waals surface area contributed by atoms with Crippen molar-refractivity contribution in [1.82, 2.24) is 10.2 Å². The first-order chi connectivity index (χ1) is 9.46. The summed E-state index contributed by atoms with van der Waals surface area (Å²) in [6, 6.07) is 1.77. The van der Waals surface area contributed by atoms with Crippen molar-refractivity contribution in [3.63, 3.8) is 0 Å². The van der Waals surface area contributed by atoms with Crippen LogP contribution in [0, 0.1) is 11.3 Å². The van der Waals surface area contributed by atoms with Crippen LogP contribution in [-0.2, 0) is 15.0 Å². The fourth-order valence-electron chi connectivity index (χ4n) is 1.82. The minimum Gasteiger partial charge on any atom is -0.481 e. The highest BCUT2D eigenvalue weighted by molar-refractivity contribution is 5.93. The summed E-state index contributed by atoms with van der Waals surface area (Å²) in [6.45, 7) is 11.3. The standard InChI is InChI=1S/C15H25N3O3/c1-9(2)15(6,13(20)21)8-12(19)16-11-7-10(17-18-11)14(3,4)5/h7,9H,8H2,1-6H3,(H,20,21)(H2,16,17,18,19). The number of rotatable bonds is 5. The third kappa shape index (κ3) is 4.06. The molecule has 0 bridgehead atoms. The van der Waals surface area contributed by atoms with Gasteiger partial charge in [0.15, 0.2) is 5.82 Å². The third-order valence-corrected chi connectivity index (χ3v) is 3.94. The summed E-state index contributed by atoms with van der Waals surface area (Å²) in [7, 11) is 0. The molecular weight excluding hydrogens is 270 g/mol. The number of aliphatic carboxylic acids is 1. The Morgan fingerprint density at radius 2 is 1.90 bits per heavy atom. The minimum atomic E-state index is -1.09. The molecule has 1 rings (SSSR count). The molecule has 0 saturated carbocycles. The lowest BCUT2D eigenvalue weighted by Crippen LogP contribution is -2.37. The van der Waals surface area contributed by atoms with Gasteiger partial charge in [0.25, 0.3) is 0 Å². The zero-order valence-corrected chi connectivity index (χ0v) is 13.6. The topological polar surface area (TPSA) is 95.1 Å². The highest BCUT2D eigenvalue weighted by atomic mass is 16.4. The number of H-pyrrole nitrogens is 1. The Hall–Kier alpha value is -1.85. The number of carbonyl (C=O) groups is 2. The van der Waals surface area contributed by atoms with Crippen molar-refractivity contribution >= 4 is 17.7 Å². The quantitative estimate of drug-likeness (QED) is 0.778. The highest BCUT2D eigenvalue weighted by Gasteiger charge is 2.38. The Balaban J connectivity index is 2.78. The molecule has 6 heteroatoms. The lowest BCUT2D eigenvalue weighted by atomic mass is 9.76. The molecule has 0 aromatic carbocycles. The van der Waals surface area contributed by atoms with Crippen LogP contribution >= 0.6 is 0 Å². The molecule has 6 nitrogen and oxygen atoms in total. The van der Waals surface area contributed by atoms with Gasteiger partial charge < -0.3 is 10.4 Å². The number of nitrogens with one attached hydrogen (secondary N) is 2. The third-order valence-electron chi connectivity index (χ3n) is 3.94. The van der Waals surface area contributed by atoms with Crippen LogP contribution in [0.15, 0.2) is 6.07 Å². The van der Waals surface area contributed by atoms with Crippen molar-refractivity contribution in [2.24, 2.45) is 11.3 Å². The van der Waals surface area contributed by atoms with E-state index in [1.54, 1.807) is 26.8 Å². The molecule has 118 valence electrons. The van der Waals surface area contributed by atoms with Crippen molar-refractivity contribution in [1.29, 1.82) is 0 Å². The summed E-state index contributed by atoms with van der Waals surface area (Å²) in [5, 5.41) is 18.9. The number of hydrogen-bond donors (Lipinski definition) is 3. The molecule has 1 unspecified atom stereocenters. The number of carbonyl (C=O) groups excluding carboxylic acids is 1. The average Bonchev–Trinajstić information content (AvgIpc) is 2.76. The van der Waals surface area contributed by atoms with Gasteiger partial charge in [0.1, 0.15) is 0 Å². The SMILES string of the molecule is CC(C)C(C)(CC(=O)Nc1cc(C(C)(C)C)[nH]n1)C(=O)O. The van der Waals surface area contributed by atoms with Gasteiger partial charge in [0.05, 0.1) is 5.41 Å². The molecule has 1 aromatic heterocycles. The number of aromatic nitrogens is 2. The summed E-state index contributed by atoms with van der Waals surface area (Å²) in [4.78, 5) is 23.5. The van der Waals surface area contributed by atoms with E-state index in [0.29, 0.717) is 5.82 Å². The van der Waals surface area contributed by atoms with Crippen molar-refractivity contribution < 1.29 is 14.7 Å². The molecule has 0 aliphatic carbocycles. The van der Waals surface area contributed by atoms with E-state index in [4.69, 9.17) is 0 Å². The fraction of sp³-hybridized carbons (Fsp3) is 0.667. The second-order valence-electron chi connectivity index (χ2n) is 7.02. The van der Waals surface area contributed by atoms with Gasteiger partial charge in [-0.05, 0) is 12.8 Å². The van der Waals surface area contributed by atoms with E-state index in [2.05, 4.69) is 15.5 Å². The number of nitrogens with zero attached hydrogens (tertiary/aromatic N) is 1. The molecule has 0 radical (unpaired) electrons. The Morgan fingerprint density at radius 3 is 2.29 bits per heavy atom. The van der Waals surface area contributed by atoms with Crippen LogP contribution in [0.3, 0.4) is 0 Å². The molecule has 0 spiro atoms. The smallest absolute Gasteiger partial charge is 0.310 e. The number of amides is 1. The predicted octanol–water partition coefficient (Wildman–Crippen LogP) is 2.78. The van der Waals surface area contributed by atoms with Gasteiger partial charge in [0.2, 0.25) is 5.91 Å². The first-order valence-electron chi connectivity index (χ1n) is 7.06. The maximum absolute atomic E-state index is 12.1. The van der Waals surface area contributed by atoms with Gasteiger partial charge in [-0.25, -0.2) is 0 Å². The van der Waals surface area contributed by atoms with E-state index in [0.717, 1.165) is 5.69 Å². The van der Waals surface area contributed by atoms with E-state index in [1.807, 2.05) is 20.8 Å². The number of aromatic amines is 1. The average molecular weight is 295 g/mol. The monoisotopic (exact) mass is 295 g/mol. The summed E-state index contributed by atoms with van der Waals surface area (Å²) >= 11 is 0. The normalized spacial score (nSPS) is 14.8. The minimum absolute atomic E-state index is 0.0856. The van der Waals surface area contributed by atoms with Crippen LogP contribution < -0.4 is 5.32 Å². The molecule has 3 N–H and O–H groups in total. The number of hydrogen-bond acceptors (Lipinski definition) is 3. The van der Waals surface area contributed by atoms with E-state index in [1.165, 1.54) is 0 Å². The van der Waals surface area contributed by atoms with Crippen molar-refractivity contribution in [3.8, 4) is 0 Å². The van der Waals surface area contributed by atoms with Crippen molar-refractivity contribution in [3.05, 3.63) is 11.8 Å².